The molecular formula is C7H16O3. The molecule has 0 aromatic heterocycles. The molecule has 0 heterocycles. The summed E-state index contributed by atoms with van der Waals surface area (Å²) in [5.41, 5.74) is -0.518. The second-order valence-electron chi connectivity index (χ2n) is 2.78. The maximum Gasteiger partial charge on any atom is 0.106 e. The van der Waals surface area contributed by atoms with E-state index in [1.54, 1.807) is 14.2 Å². The van der Waals surface area contributed by atoms with E-state index in [1.807, 2.05) is 13.8 Å². The molecule has 1 unspecified atom stereocenters. The second-order valence-corrected chi connectivity index (χ2v) is 2.78. The highest BCUT2D eigenvalue weighted by Gasteiger charge is 2.26. The summed E-state index contributed by atoms with van der Waals surface area (Å²) in [7, 11) is 3.12. The number of ether oxygens (including phenoxy) is 2. The molecule has 0 saturated carbocycles. The standard InChI is InChI=1S/C7H16O3/c1-7(2,10-4)6(8)5-9-3/h6,8H,5H2,1-4H3. The van der Waals surface area contributed by atoms with Crippen LogP contribution < -0.4 is 0 Å². The van der Waals surface area contributed by atoms with E-state index in [4.69, 9.17) is 9.47 Å². The highest BCUT2D eigenvalue weighted by molar-refractivity contribution is 4.77. The summed E-state index contributed by atoms with van der Waals surface area (Å²) in [6.07, 6.45) is -0.567. The predicted octanol–water partition coefficient (Wildman–Crippen LogP) is 0.419. The Morgan fingerprint density at radius 1 is 1.40 bits per heavy atom. The van der Waals surface area contributed by atoms with Crippen molar-refractivity contribution >= 4 is 0 Å². The van der Waals surface area contributed by atoms with Crippen molar-refractivity contribution in [1.29, 1.82) is 0 Å². The van der Waals surface area contributed by atoms with Gasteiger partial charge in [0.25, 0.3) is 0 Å². The average molecular weight is 148 g/mol. The molecule has 0 bridgehead atoms. The zero-order chi connectivity index (χ0) is 8.20. The van der Waals surface area contributed by atoms with Gasteiger partial charge in [-0.1, -0.05) is 0 Å². The molecule has 1 N–H and O–H groups in total. The minimum atomic E-state index is -0.567. The first-order valence-electron chi connectivity index (χ1n) is 3.26. The van der Waals surface area contributed by atoms with E-state index < -0.39 is 11.7 Å². The molecule has 0 saturated heterocycles. The van der Waals surface area contributed by atoms with Crippen LogP contribution >= 0.6 is 0 Å². The minimum absolute atomic E-state index is 0.306. The molecule has 0 aliphatic carbocycles. The van der Waals surface area contributed by atoms with Crippen LogP contribution in [0.25, 0.3) is 0 Å². The highest BCUT2D eigenvalue weighted by atomic mass is 16.5. The van der Waals surface area contributed by atoms with E-state index in [9.17, 15) is 5.11 Å². The largest absolute Gasteiger partial charge is 0.388 e. The van der Waals surface area contributed by atoms with Crippen molar-refractivity contribution in [2.45, 2.75) is 25.6 Å². The Labute approximate surface area is 62.0 Å². The van der Waals surface area contributed by atoms with Crippen LogP contribution in [-0.4, -0.2) is 37.6 Å². The molecule has 0 spiro atoms. The van der Waals surface area contributed by atoms with Gasteiger partial charge in [0.1, 0.15) is 6.10 Å². The normalized spacial score (nSPS) is 15.3. The van der Waals surface area contributed by atoms with Gasteiger partial charge >= 0.3 is 0 Å². The van der Waals surface area contributed by atoms with Gasteiger partial charge in [0, 0.05) is 14.2 Å². The van der Waals surface area contributed by atoms with Gasteiger partial charge in [-0.3, -0.25) is 0 Å². The number of hydrogen-bond acceptors (Lipinski definition) is 3. The first kappa shape index (κ1) is 9.88. The van der Waals surface area contributed by atoms with Gasteiger partial charge in [-0.25, -0.2) is 0 Å². The van der Waals surface area contributed by atoms with E-state index in [2.05, 4.69) is 0 Å². The van der Waals surface area contributed by atoms with E-state index >= 15 is 0 Å². The zero-order valence-electron chi connectivity index (χ0n) is 7.05. The monoisotopic (exact) mass is 148 g/mol. The fourth-order valence-electron chi connectivity index (χ4n) is 0.495. The van der Waals surface area contributed by atoms with E-state index in [0.717, 1.165) is 0 Å². The maximum absolute atomic E-state index is 9.33. The summed E-state index contributed by atoms with van der Waals surface area (Å²) in [5.74, 6) is 0. The number of methoxy groups -OCH3 is 2. The topological polar surface area (TPSA) is 38.7 Å². The molecule has 3 heteroatoms. The lowest BCUT2D eigenvalue weighted by atomic mass is 10.0. The SMILES string of the molecule is COCC(O)C(C)(C)OC. The van der Waals surface area contributed by atoms with Gasteiger partial charge in [0.15, 0.2) is 0 Å². The fourth-order valence-corrected chi connectivity index (χ4v) is 0.495. The molecule has 62 valence electrons. The van der Waals surface area contributed by atoms with Crippen molar-refractivity contribution in [2.24, 2.45) is 0 Å². The van der Waals surface area contributed by atoms with E-state index in [1.165, 1.54) is 0 Å². The third-order valence-electron chi connectivity index (χ3n) is 1.65. The van der Waals surface area contributed by atoms with Gasteiger partial charge in [-0.2, -0.15) is 0 Å². The molecule has 0 fully saturated rings. The fraction of sp³-hybridized carbons (Fsp3) is 1.00. The van der Waals surface area contributed by atoms with Crippen LogP contribution in [0, 0.1) is 0 Å². The van der Waals surface area contributed by atoms with Crippen LogP contribution in [0.4, 0.5) is 0 Å². The lowest BCUT2D eigenvalue weighted by Crippen LogP contribution is -2.40. The van der Waals surface area contributed by atoms with Gasteiger partial charge in [-0.05, 0) is 13.8 Å². The number of hydrogen-bond donors (Lipinski definition) is 1. The summed E-state index contributed by atoms with van der Waals surface area (Å²) in [6, 6.07) is 0. The van der Waals surface area contributed by atoms with Crippen LogP contribution in [0.15, 0.2) is 0 Å². The summed E-state index contributed by atoms with van der Waals surface area (Å²) in [4.78, 5) is 0. The Kier molecular flexibility index (Phi) is 3.86. The molecule has 0 rings (SSSR count). The minimum Gasteiger partial charge on any atom is -0.388 e. The molecule has 0 amide bonds. The van der Waals surface area contributed by atoms with Crippen LogP contribution in [-0.2, 0) is 9.47 Å². The van der Waals surface area contributed by atoms with Crippen molar-refractivity contribution < 1.29 is 14.6 Å². The van der Waals surface area contributed by atoms with Crippen LogP contribution in [0.1, 0.15) is 13.8 Å². The van der Waals surface area contributed by atoms with Crippen molar-refractivity contribution in [3.63, 3.8) is 0 Å². The van der Waals surface area contributed by atoms with Gasteiger partial charge < -0.3 is 14.6 Å². The molecule has 0 aromatic carbocycles. The second kappa shape index (κ2) is 3.91. The quantitative estimate of drug-likeness (QED) is 0.628. The Morgan fingerprint density at radius 3 is 2.20 bits per heavy atom. The average Bonchev–Trinajstić information content (AvgIpc) is 1.89. The molecule has 1 atom stereocenters. The Hall–Kier alpha value is -0.120. The Bertz CT molecular complexity index is 90.9. The first-order chi connectivity index (χ1) is 4.54. The molecular weight excluding hydrogens is 132 g/mol. The third kappa shape index (κ3) is 2.64. The lowest BCUT2D eigenvalue weighted by Gasteiger charge is -2.28. The highest BCUT2D eigenvalue weighted by Crippen LogP contribution is 2.13. The van der Waals surface area contributed by atoms with E-state index in [0.29, 0.717) is 6.61 Å². The Balaban J connectivity index is 3.78. The number of aliphatic hydroxyl groups is 1. The molecule has 0 aliphatic heterocycles. The van der Waals surface area contributed by atoms with Gasteiger partial charge in [0.2, 0.25) is 0 Å². The summed E-state index contributed by atoms with van der Waals surface area (Å²) >= 11 is 0. The number of aliphatic hydroxyl groups excluding tert-OH is 1. The van der Waals surface area contributed by atoms with Crippen LogP contribution in [0.2, 0.25) is 0 Å². The maximum atomic E-state index is 9.33. The first-order valence-corrected chi connectivity index (χ1v) is 3.26. The molecule has 10 heavy (non-hydrogen) atoms. The lowest BCUT2D eigenvalue weighted by molar-refractivity contribution is -0.101. The smallest absolute Gasteiger partial charge is 0.106 e. The summed E-state index contributed by atoms with van der Waals surface area (Å²) in [5, 5.41) is 9.33. The summed E-state index contributed by atoms with van der Waals surface area (Å²) in [6.45, 7) is 3.94. The zero-order valence-corrected chi connectivity index (χ0v) is 7.05. The van der Waals surface area contributed by atoms with Gasteiger partial charge in [0.05, 0.1) is 12.2 Å². The third-order valence-corrected chi connectivity index (χ3v) is 1.65. The number of rotatable bonds is 4. The van der Waals surface area contributed by atoms with Crippen molar-refractivity contribution in [1.82, 2.24) is 0 Å². The van der Waals surface area contributed by atoms with Crippen molar-refractivity contribution in [3.05, 3.63) is 0 Å². The predicted molar refractivity (Wildman–Crippen MR) is 39.0 cm³/mol. The van der Waals surface area contributed by atoms with Crippen molar-refractivity contribution in [3.8, 4) is 0 Å². The molecule has 0 aromatic rings. The molecule has 0 radical (unpaired) electrons. The van der Waals surface area contributed by atoms with Gasteiger partial charge in [-0.15, -0.1) is 0 Å². The summed E-state index contributed by atoms with van der Waals surface area (Å²) < 4.78 is 9.78. The van der Waals surface area contributed by atoms with Crippen LogP contribution in [0.5, 0.6) is 0 Å². The Morgan fingerprint density at radius 2 is 1.90 bits per heavy atom. The molecule has 0 aliphatic rings. The van der Waals surface area contributed by atoms with Crippen molar-refractivity contribution in [2.75, 3.05) is 20.8 Å². The van der Waals surface area contributed by atoms with E-state index in [-0.39, 0.29) is 0 Å². The van der Waals surface area contributed by atoms with Crippen LogP contribution in [0.3, 0.4) is 0 Å². The molecule has 3 nitrogen and oxygen atoms in total.